The summed E-state index contributed by atoms with van der Waals surface area (Å²) in [7, 11) is 0. The van der Waals surface area contributed by atoms with E-state index in [4.69, 9.17) is 5.73 Å². The minimum atomic E-state index is 0.0512. The standard InChI is InChI=1S/C20H28N6O2/c21-19-23-9-15(10-24-19)12-25-6-2-20(3-7-25)4-8-26(13-17(20)14-27)18(28)16-1-5-22-11-16/h1,5,9-11,17,22,27H,2-4,6-8,12-14H2,(H2,21,23,24)/t17-/m1/s1. The molecule has 0 radical (unpaired) electrons. The molecule has 2 fully saturated rings. The van der Waals surface area contributed by atoms with Crippen LogP contribution in [0.2, 0.25) is 0 Å². The first-order valence-electron chi connectivity index (χ1n) is 9.91. The summed E-state index contributed by atoms with van der Waals surface area (Å²) in [5, 5.41) is 10.1. The van der Waals surface area contributed by atoms with E-state index in [0.29, 0.717) is 18.1 Å². The van der Waals surface area contributed by atoms with E-state index in [1.807, 2.05) is 4.90 Å². The highest BCUT2D eigenvalue weighted by Gasteiger charge is 2.45. The highest BCUT2D eigenvalue weighted by atomic mass is 16.3. The van der Waals surface area contributed by atoms with Crippen LogP contribution in [0, 0.1) is 11.3 Å². The minimum Gasteiger partial charge on any atom is -0.396 e. The van der Waals surface area contributed by atoms with Crippen molar-refractivity contribution >= 4 is 11.9 Å². The van der Waals surface area contributed by atoms with Gasteiger partial charge in [0.05, 0.1) is 5.56 Å². The first kappa shape index (κ1) is 18.9. The van der Waals surface area contributed by atoms with Crippen molar-refractivity contribution in [2.75, 3.05) is 38.5 Å². The first-order chi connectivity index (χ1) is 13.6. The lowest BCUT2D eigenvalue weighted by atomic mass is 9.64. The molecule has 150 valence electrons. The molecule has 0 aromatic carbocycles. The van der Waals surface area contributed by atoms with Gasteiger partial charge in [-0.3, -0.25) is 9.69 Å². The summed E-state index contributed by atoms with van der Waals surface area (Å²) in [5.41, 5.74) is 7.43. The van der Waals surface area contributed by atoms with Gasteiger partial charge in [-0.05, 0) is 43.8 Å². The van der Waals surface area contributed by atoms with Crippen molar-refractivity contribution in [3.63, 3.8) is 0 Å². The zero-order chi connectivity index (χ0) is 19.6. The molecule has 0 aliphatic carbocycles. The number of piperidine rings is 2. The molecular weight excluding hydrogens is 356 g/mol. The molecule has 28 heavy (non-hydrogen) atoms. The zero-order valence-corrected chi connectivity index (χ0v) is 16.0. The Morgan fingerprint density at radius 1 is 1.25 bits per heavy atom. The van der Waals surface area contributed by atoms with Crippen LogP contribution in [0.3, 0.4) is 0 Å². The molecule has 1 spiro atoms. The minimum absolute atomic E-state index is 0.0512. The highest BCUT2D eigenvalue weighted by molar-refractivity contribution is 5.94. The molecule has 8 nitrogen and oxygen atoms in total. The Labute approximate surface area is 164 Å². The van der Waals surface area contributed by atoms with Crippen LogP contribution in [0.15, 0.2) is 30.9 Å². The Morgan fingerprint density at radius 3 is 2.61 bits per heavy atom. The molecule has 4 heterocycles. The largest absolute Gasteiger partial charge is 0.396 e. The van der Waals surface area contributed by atoms with Crippen LogP contribution in [0.25, 0.3) is 0 Å². The molecule has 2 aromatic heterocycles. The van der Waals surface area contributed by atoms with Crippen molar-refractivity contribution in [2.45, 2.75) is 25.8 Å². The average molecular weight is 384 g/mol. The monoisotopic (exact) mass is 384 g/mol. The van der Waals surface area contributed by atoms with Crippen molar-refractivity contribution in [3.8, 4) is 0 Å². The van der Waals surface area contributed by atoms with Crippen LogP contribution in [0.1, 0.15) is 35.2 Å². The van der Waals surface area contributed by atoms with Gasteiger partial charge in [-0.15, -0.1) is 0 Å². The molecule has 2 aliphatic rings. The summed E-state index contributed by atoms with van der Waals surface area (Å²) in [6, 6.07) is 1.81. The second-order valence-corrected chi connectivity index (χ2v) is 8.07. The van der Waals surface area contributed by atoms with Crippen molar-refractivity contribution in [1.82, 2.24) is 24.8 Å². The predicted molar refractivity (Wildman–Crippen MR) is 105 cm³/mol. The summed E-state index contributed by atoms with van der Waals surface area (Å²) < 4.78 is 0. The number of aromatic amines is 1. The van der Waals surface area contributed by atoms with Gasteiger partial charge in [0, 0.05) is 62.5 Å². The maximum absolute atomic E-state index is 12.7. The smallest absolute Gasteiger partial charge is 0.255 e. The quantitative estimate of drug-likeness (QED) is 0.728. The summed E-state index contributed by atoms with van der Waals surface area (Å²) >= 11 is 0. The average Bonchev–Trinajstić information content (AvgIpc) is 3.26. The van der Waals surface area contributed by atoms with Gasteiger partial charge < -0.3 is 20.7 Å². The summed E-state index contributed by atoms with van der Waals surface area (Å²) in [5.74, 6) is 0.481. The molecule has 2 aliphatic heterocycles. The number of nitrogens with one attached hydrogen (secondary N) is 1. The number of nitrogen functional groups attached to an aromatic ring is 1. The number of aromatic nitrogens is 3. The SMILES string of the molecule is Nc1ncc(CN2CCC3(CC2)CCN(C(=O)c2cc[nH]c2)C[C@@H]3CO)cn1. The number of hydrogen-bond donors (Lipinski definition) is 3. The Hall–Kier alpha value is -2.45. The van der Waals surface area contributed by atoms with Crippen molar-refractivity contribution in [2.24, 2.45) is 11.3 Å². The van der Waals surface area contributed by atoms with Gasteiger partial charge in [-0.2, -0.15) is 0 Å². The number of amides is 1. The number of aliphatic hydroxyl groups is 1. The number of hydrogen-bond acceptors (Lipinski definition) is 6. The van der Waals surface area contributed by atoms with Gasteiger partial charge in [0.2, 0.25) is 5.95 Å². The number of anilines is 1. The number of nitrogens with two attached hydrogens (primary N) is 1. The zero-order valence-electron chi connectivity index (χ0n) is 16.0. The molecule has 4 N–H and O–H groups in total. The van der Waals surface area contributed by atoms with E-state index >= 15 is 0 Å². The maximum Gasteiger partial charge on any atom is 0.255 e. The predicted octanol–water partition coefficient (Wildman–Crippen LogP) is 1.12. The molecule has 8 heteroatoms. The van der Waals surface area contributed by atoms with E-state index in [9.17, 15) is 9.90 Å². The van der Waals surface area contributed by atoms with Crippen LogP contribution >= 0.6 is 0 Å². The van der Waals surface area contributed by atoms with Gasteiger partial charge in [-0.1, -0.05) is 0 Å². The Bertz CT molecular complexity index is 784. The fourth-order valence-electron chi connectivity index (χ4n) is 4.71. The summed E-state index contributed by atoms with van der Waals surface area (Å²) in [4.78, 5) is 28.0. The lowest BCUT2D eigenvalue weighted by Crippen LogP contribution is -2.54. The Kier molecular flexibility index (Phi) is 5.32. The van der Waals surface area contributed by atoms with Crippen molar-refractivity contribution in [1.29, 1.82) is 0 Å². The van der Waals surface area contributed by atoms with E-state index in [2.05, 4.69) is 19.9 Å². The number of likely N-dealkylation sites (tertiary alicyclic amines) is 2. The normalized spacial score (nSPS) is 22.5. The van der Waals surface area contributed by atoms with Gasteiger partial charge in [0.25, 0.3) is 5.91 Å². The lowest BCUT2D eigenvalue weighted by Gasteiger charge is -2.51. The molecule has 2 saturated heterocycles. The second kappa shape index (κ2) is 7.89. The number of aliphatic hydroxyl groups excluding tert-OH is 1. The third-order valence-electron chi connectivity index (χ3n) is 6.52. The number of carbonyl (C=O) groups excluding carboxylic acids is 1. The first-order valence-corrected chi connectivity index (χ1v) is 9.91. The van der Waals surface area contributed by atoms with Gasteiger partial charge >= 0.3 is 0 Å². The van der Waals surface area contributed by atoms with Gasteiger partial charge in [-0.25, -0.2) is 9.97 Å². The second-order valence-electron chi connectivity index (χ2n) is 8.07. The van der Waals surface area contributed by atoms with Crippen LogP contribution in [-0.4, -0.2) is 68.6 Å². The van der Waals surface area contributed by atoms with E-state index in [0.717, 1.165) is 51.0 Å². The molecular formula is C20H28N6O2. The third kappa shape index (κ3) is 3.74. The summed E-state index contributed by atoms with van der Waals surface area (Å²) in [6.45, 7) is 4.29. The topological polar surface area (TPSA) is 111 Å². The Balaban J connectivity index is 1.36. The highest BCUT2D eigenvalue weighted by Crippen LogP contribution is 2.45. The van der Waals surface area contributed by atoms with E-state index in [1.165, 1.54) is 0 Å². The number of H-pyrrole nitrogens is 1. The third-order valence-corrected chi connectivity index (χ3v) is 6.52. The van der Waals surface area contributed by atoms with Gasteiger partial charge in [0.15, 0.2) is 0 Å². The van der Waals surface area contributed by atoms with Crippen molar-refractivity contribution < 1.29 is 9.90 Å². The molecule has 0 unspecified atom stereocenters. The number of carbonyl (C=O) groups is 1. The van der Waals surface area contributed by atoms with Gasteiger partial charge in [0.1, 0.15) is 0 Å². The summed E-state index contributed by atoms with van der Waals surface area (Å²) in [6.07, 6.45) is 10.1. The molecule has 4 rings (SSSR count). The van der Waals surface area contributed by atoms with E-state index in [1.54, 1.807) is 30.9 Å². The van der Waals surface area contributed by atoms with Crippen LogP contribution in [-0.2, 0) is 6.54 Å². The molecule has 0 saturated carbocycles. The number of nitrogens with zero attached hydrogens (tertiary/aromatic N) is 4. The number of rotatable bonds is 4. The van der Waals surface area contributed by atoms with Crippen LogP contribution in [0.5, 0.6) is 0 Å². The molecule has 1 atom stereocenters. The van der Waals surface area contributed by atoms with E-state index < -0.39 is 0 Å². The van der Waals surface area contributed by atoms with Crippen molar-refractivity contribution in [3.05, 3.63) is 42.0 Å². The molecule has 2 aromatic rings. The maximum atomic E-state index is 12.7. The molecule has 0 bridgehead atoms. The molecule has 1 amide bonds. The van der Waals surface area contributed by atoms with E-state index in [-0.39, 0.29) is 23.8 Å². The fraction of sp³-hybridized carbons (Fsp3) is 0.550. The fourth-order valence-corrected chi connectivity index (χ4v) is 4.71. The van der Waals surface area contributed by atoms with Crippen LogP contribution < -0.4 is 5.73 Å². The van der Waals surface area contributed by atoms with Crippen LogP contribution in [0.4, 0.5) is 5.95 Å². The lowest BCUT2D eigenvalue weighted by molar-refractivity contribution is -0.0365. The Morgan fingerprint density at radius 2 is 1.96 bits per heavy atom.